The number of amides is 3. The number of fused-ring (bicyclic) bond motifs is 1. The lowest BCUT2D eigenvalue weighted by Gasteiger charge is -2.22. The summed E-state index contributed by atoms with van der Waals surface area (Å²) in [5, 5.41) is 19.4. The first-order chi connectivity index (χ1) is 17.9. The lowest BCUT2D eigenvalue weighted by atomic mass is 9.99. The Bertz CT molecular complexity index is 1260. The van der Waals surface area contributed by atoms with Gasteiger partial charge in [0.2, 0.25) is 5.91 Å². The van der Waals surface area contributed by atoms with Crippen LogP contribution < -0.4 is 17.0 Å². The summed E-state index contributed by atoms with van der Waals surface area (Å²) < 4.78 is 0. The van der Waals surface area contributed by atoms with Crippen molar-refractivity contribution in [3.05, 3.63) is 64.1 Å². The molecule has 1 atom stereocenters. The molecule has 0 aliphatic carbocycles. The molecule has 1 heterocycles. The van der Waals surface area contributed by atoms with Crippen molar-refractivity contribution in [2.24, 2.45) is 37.5 Å². The molecule has 1 aliphatic rings. The number of anilines is 1. The summed E-state index contributed by atoms with van der Waals surface area (Å²) in [6.07, 6.45) is 1.89. The molecule has 192 valence electrons. The van der Waals surface area contributed by atoms with Crippen molar-refractivity contribution < 1.29 is 14.4 Å². The molecule has 1 aliphatic heterocycles. The molecule has 0 bridgehead atoms. The van der Waals surface area contributed by atoms with Gasteiger partial charge in [-0.05, 0) is 40.8 Å². The van der Waals surface area contributed by atoms with E-state index in [0.717, 1.165) is 16.7 Å². The van der Waals surface area contributed by atoms with Gasteiger partial charge in [-0.1, -0.05) is 58.9 Å². The fourth-order valence-corrected chi connectivity index (χ4v) is 3.98. The van der Waals surface area contributed by atoms with Gasteiger partial charge >= 0.3 is 0 Å². The smallest absolute Gasteiger partial charge is 0.290 e. The van der Waals surface area contributed by atoms with E-state index < -0.39 is 18.0 Å². The second kappa shape index (κ2) is 12.8. The van der Waals surface area contributed by atoms with Crippen LogP contribution in [0.2, 0.25) is 0 Å². The van der Waals surface area contributed by atoms with Crippen LogP contribution >= 0.6 is 0 Å². The van der Waals surface area contributed by atoms with E-state index in [1.54, 1.807) is 18.2 Å². The maximum atomic E-state index is 13.4. The fourth-order valence-electron chi connectivity index (χ4n) is 3.98. The number of hydrogen-bond donors (Lipinski definition) is 3. The molecule has 0 radical (unpaired) electrons. The van der Waals surface area contributed by atoms with Gasteiger partial charge in [0.1, 0.15) is 12.7 Å². The SMILES string of the molecule is CCCN(CC(=O)N=NN)C(=O)C1=Cc2ccc(-c3ccc(CC(=O)N=O)cc3)cc2NC(N=NN)C1. The minimum Gasteiger partial charge on any atom is -0.361 e. The van der Waals surface area contributed by atoms with Crippen LogP contribution in [0.1, 0.15) is 30.9 Å². The molecule has 0 spiro atoms. The molecule has 3 rings (SSSR count). The zero-order valence-corrected chi connectivity index (χ0v) is 20.2. The first-order valence-corrected chi connectivity index (χ1v) is 11.5. The van der Waals surface area contributed by atoms with Crippen LogP contribution in [0.5, 0.6) is 0 Å². The van der Waals surface area contributed by atoms with Crippen LogP contribution in [-0.4, -0.2) is 41.9 Å². The van der Waals surface area contributed by atoms with Crippen LogP contribution in [0.15, 0.2) is 73.9 Å². The Kier molecular flexibility index (Phi) is 9.24. The van der Waals surface area contributed by atoms with Crippen molar-refractivity contribution in [1.29, 1.82) is 0 Å². The van der Waals surface area contributed by atoms with Gasteiger partial charge < -0.3 is 21.9 Å². The Morgan fingerprint density at radius 2 is 1.76 bits per heavy atom. The molecule has 2 aromatic rings. The Morgan fingerprint density at radius 3 is 2.41 bits per heavy atom. The third-order valence-corrected chi connectivity index (χ3v) is 5.62. The third-order valence-electron chi connectivity index (χ3n) is 5.62. The quantitative estimate of drug-likeness (QED) is 0.201. The second-order valence-corrected chi connectivity index (χ2v) is 8.26. The molecule has 1 unspecified atom stereocenters. The van der Waals surface area contributed by atoms with Crippen molar-refractivity contribution in [2.75, 3.05) is 18.4 Å². The summed E-state index contributed by atoms with van der Waals surface area (Å²) in [6.45, 7) is 1.98. The number of nitrogens with two attached hydrogens (primary N) is 2. The molecule has 0 aromatic heterocycles. The van der Waals surface area contributed by atoms with Gasteiger partial charge in [-0.25, -0.2) is 0 Å². The predicted molar refractivity (Wildman–Crippen MR) is 136 cm³/mol. The van der Waals surface area contributed by atoms with Crippen molar-refractivity contribution >= 4 is 29.5 Å². The summed E-state index contributed by atoms with van der Waals surface area (Å²) in [4.78, 5) is 48.4. The first kappa shape index (κ1) is 26.8. The number of hydrogen-bond acceptors (Lipinski definition) is 8. The summed E-state index contributed by atoms with van der Waals surface area (Å²) in [7, 11) is 0. The predicted octanol–water partition coefficient (Wildman–Crippen LogP) is 3.13. The van der Waals surface area contributed by atoms with Gasteiger partial charge in [0.15, 0.2) is 0 Å². The normalized spacial score (nSPS) is 14.9. The van der Waals surface area contributed by atoms with E-state index in [-0.39, 0.29) is 25.3 Å². The molecular formula is C24H27N9O4. The lowest BCUT2D eigenvalue weighted by molar-refractivity contribution is -0.132. The van der Waals surface area contributed by atoms with Crippen LogP contribution in [0.25, 0.3) is 17.2 Å². The van der Waals surface area contributed by atoms with Gasteiger partial charge in [0, 0.05) is 29.4 Å². The molecule has 0 saturated carbocycles. The molecule has 3 amide bonds. The number of nitrogens with zero attached hydrogens (tertiary/aromatic N) is 6. The van der Waals surface area contributed by atoms with Crippen LogP contribution in [0.3, 0.4) is 0 Å². The number of benzene rings is 2. The monoisotopic (exact) mass is 505 g/mol. The summed E-state index contributed by atoms with van der Waals surface area (Å²) in [5.74, 6) is 8.57. The van der Waals surface area contributed by atoms with Gasteiger partial charge in [0.05, 0.1) is 6.42 Å². The summed E-state index contributed by atoms with van der Waals surface area (Å²) in [6, 6.07) is 12.9. The molecule has 2 aromatic carbocycles. The van der Waals surface area contributed by atoms with Crippen LogP contribution in [0.4, 0.5) is 5.69 Å². The Morgan fingerprint density at radius 1 is 1.03 bits per heavy atom. The molecule has 5 N–H and O–H groups in total. The third kappa shape index (κ3) is 7.10. The topological polar surface area (TPSA) is 197 Å². The van der Waals surface area contributed by atoms with Gasteiger partial charge in [-0.3, -0.25) is 14.4 Å². The van der Waals surface area contributed by atoms with E-state index >= 15 is 0 Å². The second-order valence-electron chi connectivity index (χ2n) is 8.26. The molecular weight excluding hydrogens is 478 g/mol. The Labute approximate surface area is 212 Å². The highest BCUT2D eigenvalue weighted by atomic mass is 16.3. The average Bonchev–Trinajstić information content (AvgIpc) is 3.07. The number of carbonyl (C=O) groups excluding carboxylic acids is 3. The van der Waals surface area contributed by atoms with E-state index in [9.17, 15) is 19.3 Å². The van der Waals surface area contributed by atoms with E-state index in [4.69, 9.17) is 11.7 Å². The van der Waals surface area contributed by atoms with Crippen molar-refractivity contribution in [1.82, 2.24) is 4.90 Å². The van der Waals surface area contributed by atoms with E-state index in [1.807, 2.05) is 37.3 Å². The zero-order valence-electron chi connectivity index (χ0n) is 20.2. The number of nitrogens with one attached hydrogen (secondary N) is 1. The van der Waals surface area contributed by atoms with Crippen molar-refractivity contribution in [2.45, 2.75) is 32.4 Å². The minimum atomic E-state index is -0.732. The standard InChI is InChI=1S/C24H27N9O4/c1-2-9-33(14-23(35)29-32-26)24(36)19-11-18-8-7-17(12-20(18)27-21(13-19)28-31-25)16-5-3-15(4-6-16)10-22(34)30-37/h3-8,11-12,21,27H,2,9-10,13-14H2,1H3,(H2,25,28)(H2,26,29,35). The fraction of sp³-hybridized carbons (Fsp3) is 0.292. The minimum absolute atomic E-state index is 0.0569. The van der Waals surface area contributed by atoms with Crippen LogP contribution in [0, 0.1) is 4.91 Å². The van der Waals surface area contributed by atoms with E-state index in [1.165, 1.54) is 4.90 Å². The van der Waals surface area contributed by atoms with Crippen molar-refractivity contribution in [3.8, 4) is 11.1 Å². The number of carbonyl (C=O) groups is 3. The number of nitroso groups, excluding NO2 is 1. The lowest BCUT2D eigenvalue weighted by Crippen LogP contribution is -2.37. The zero-order chi connectivity index (χ0) is 26.8. The molecule has 0 saturated heterocycles. The summed E-state index contributed by atoms with van der Waals surface area (Å²) in [5.41, 5.74) is 4.29. The Balaban J connectivity index is 1.93. The molecule has 37 heavy (non-hydrogen) atoms. The highest BCUT2D eigenvalue weighted by Gasteiger charge is 2.26. The van der Waals surface area contributed by atoms with Gasteiger partial charge in [-0.15, -0.1) is 10.0 Å². The van der Waals surface area contributed by atoms with E-state index in [0.29, 0.717) is 29.8 Å². The van der Waals surface area contributed by atoms with Gasteiger partial charge in [0.25, 0.3) is 11.8 Å². The average molecular weight is 506 g/mol. The largest absolute Gasteiger partial charge is 0.361 e. The van der Waals surface area contributed by atoms with E-state index in [2.05, 4.69) is 31.2 Å². The number of rotatable bonds is 9. The highest BCUT2D eigenvalue weighted by Crippen LogP contribution is 2.32. The van der Waals surface area contributed by atoms with Crippen molar-refractivity contribution in [3.63, 3.8) is 0 Å². The van der Waals surface area contributed by atoms with Gasteiger partial charge in [-0.2, -0.15) is 0 Å². The first-order valence-electron chi connectivity index (χ1n) is 11.5. The molecule has 13 heteroatoms. The summed E-state index contributed by atoms with van der Waals surface area (Å²) >= 11 is 0. The maximum absolute atomic E-state index is 13.4. The molecule has 13 nitrogen and oxygen atoms in total. The highest BCUT2D eigenvalue weighted by molar-refractivity contribution is 6.01. The Hall–Kier alpha value is -4.81. The molecule has 0 fully saturated rings. The maximum Gasteiger partial charge on any atom is 0.290 e. The van der Waals surface area contributed by atoms with Crippen LogP contribution in [-0.2, 0) is 20.8 Å².